The number of phenolic OH excluding ortho intramolecular Hbond substituents is 1. The first-order chi connectivity index (χ1) is 16.2. The molecule has 10 nitrogen and oxygen atoms in total. The molecule has 194 valence electrons. The van der Waals surface area contributed by atoms with E-state index in [0.717, 1.165) is 56.2 Å². The maximum absolute atomic E-state index is 12.5. The molecular weight excluding hydrogens is 474 g/mol. The number of aliphatic imine (C=N–C) groups is 1. The third-order valence-corrected chi connectivity index (χ3v) is 6.60. The van der Waals surface area contributed by atoms with Crippen molar-refractivity contribution in [2.75, 3.05) is 25.0 Å². The molecule has 1 aromatic rings. The van der Waals surface area contributed by atoms with Gasteiger partial charge in [-0.1, -0.05) is 19.3 Å². The van der Waals surface area contributed by atoms with Gasteiger partial charge in [-0.3, -0.25) is 19.4 Å². The van der Waals surface area contributed by atoms with Crippen molar-refractivity contribution in [2.45, 2.75) is 69.9 Å². The van der Waals surface area contributed by atoms with Crippen LogP contribution in [0, 0.1) is 0 Å². The van der Waals surface area contributed by atoms with Crippen LogP contribution >= 0.6 is 12.4 Å². The van der Waals surface area contributed by atoms with Crippen LogP contribution in [0.2, 0.25) is 0 Å². The van der Waals surface area contributed by atoms with Gasteiger partial charge >= 0.3 is 5.97 Å². The van der Waals surface area contributed by atoms with Crippen LogP contribution in [0.25, 0.3) is 0 Å². The number of likely N-dealkylation sites (N-methyl/N-ethyl adjacent to an activating group) is 1. The van der Waals surface area contributed by atoms with Crippen LogP contribution in [-0.2, 0) is 14.4 Å². The van der Waals surface area contributed by atoms with E-state index in [1.54, 1.807) is 13.1 Å². The minimum Gasteiger partial charge on any atom is -0.507 e. The molecule has 6 N–H and O–H groups in total. The Morgan fingerprint density at radius 1 is 1.17 bits per heavy atom. The Morgan fingerprint density at radius 2 is 1.86 bits per heavy atom. The summed E-state index contributed by atoms with van der Waals surface area (Å²) in [6, 6.07) is 2.30. The van der Waals surface area contributed by atoms with Crippen molar-refractivity contribution in [2.24, 2.45) is 10.7 Å². The molecule has 0 radical (unpaired) electrons. The van der Waals surface area contributed by atoms with E-state index in [1.165, 1.54) is 6.92 Å². The lowest BCUT2D eigenvalue weighted by Gasteiger charge is -2.33. The molecule has 2 atom stereocenters. The largest absolute Gasteiger partial charge is 0.507 e. The summed E-state index contributed by atoms with van der Waals surface area (Å²) in [5.41, 5.74) is 7.45. The molecule has 1 aromatic carbocycles. The molecule has 35 heavy (non-hydrogen) atoms. The number of carbonyl (C=O) groups excluding carboxylic acids is 2. The molecule has 2 fully saturated rings. The molecule has 3 rings (SSSR count). The Labute approximate surface area is 211 Å². The second-order valence-corrected chi connectivity index (χ2v) is 9.03. The van der Waals surface area contributed by atoms with Crippen LogP contribution in [0.4, 0.5) is 5.69 Å². The van der Waals surface area contributed by atoms with E-state index < -0.39 is 24.5 Å². The Hall–Kier alpha value is -2.85. The second-order valence-electron chi connectivity index (χ2n) is 9.03. The predicted molar refractivity (Wildman–Crippen MR) is 136 cm³/mol. The minimum absolute atomic E-state index is 0. The van der Waals surface area contributed by atoms with Gasteiger partial charge in [0.25, 0.3) is 0 Å². The Balaban J connectivity index is 0.00000432. The predicted octanol–water partition coefficient (Wildman–Crippen LogP) is 1.87. The number of carboxylic acid groups (broad SMARTS) is 1. The third kappa shape index (κ3) is 6.64. The number of aliphatic carboxylic acids is 1. The van der Waals surface area contributed by atoms with Crippen molar-refractivity contribution in [1.29, 1.82) is 0 Å². The molecule has 0 unspecified atom stereocenters. The molecule has 0 spiro atoms. The van der Waals surface area contributed by atoms with Crippen LogP contribution in [-0.4, -0.2) is 66.1 Å². The number of amides is 2. The summed E-state index contributed by atoms with van der Waals surface area (Å²) in [5, 5.41) is 25.9. The first kappa shape index (κ1) is 28.4. The fourth-order valence-corrected chi connectivity index (χ4v) is 4.90. The molecule has 11 heteroatoms. The lowest BCUT2D eigenvalue weighted by atomic mass is 9.81. The number of anilines is 1. The van der Waals surface area contributed by atoms with Crippen LogP contribution in [0.1, 0.15) is 68.9 Å². The lowest BCUT2D eigenvalue weighted by molar-refractivity contribution is -0.135. The average Bonchev–Trinajstić information content (AvgIpc) is 3.31. The highest BCUT2D eigenvalue weighted by molar-refractivity contribution is 6.11. The summed E-state index contributed by atoms with van der Waals surface area (Å²) in [6.45, 7) is 1.63. The third-order valence-electron chi connectivity index (χ3n) is 6.60. The number of carboxylic acids is 1. The van der Waals surface area contributed by atoms with Crippen molar-refractivity contribution < 1.29 is 24.6 Å². The van der Waals surface area contributed by atoms with Crippen LogP contribution in [0.15, 0.2) is 17.1 Å². The van der Waals surface area contributed by atoms with E-state index in [0.29, 0.717) is 6.54 Å². The molecule has 1 aliphatic heterocycles. The first-order valence-corrected chi connectivity index (χ1v) is 11.9. The highest BCUT2D eigenvalue weighted by Gasteiger charge is 2.35. The number of carbonyl (C=O) groups is 3. The number of hydrogen-bond acceptors (Lipinski definition) is 7. The molecule has 1 saturated heterocycles. The molecular formula is C24H36ClN5O5. The Bertz CT molecular complexity index is 962. The van der Waals surface area contributed by atoms with E-state index in [-0.39, 0.29) is 47.4 Å². The van der Waals surface area contributed by atoms with Crippen molar-refractivity contribution in [3.63, 3.8) is 0 Å². The van der Waals surface area contributed by atoms with Gasteiger partial charge in [-0.2, -0.15) is 0 Å². The van der Waals surface area contributed by atoms with Gasteiger partial charge in [-0.25, -0.2) is 0 Å². The molecule has 2 aliphatic rings. The zero-order valence-corrected chi connectivity index (χ0v) is 21.1. The van der Waals surface area contributed by atoms with E-state index in [1.807, 2.05) is 11.0 Å². The normalized spacial score (nSPS) is 19.6. The van der Waals surface area contributed by atoms with Gasteiger partial charge in [-0.15, -0.1) is 12.4 Å². The standard InChI is InChI=1S/C24H35N5O5.ClH/c1-14(25)23(33)28-22(27-13-19(30)31)16-10-11-17(29-12-6-9-18(29)24(34)26-2)20(21(16)32)15-7-4-3-5-8-15;/h10-11,14-15,18,32H,3-9,12-13,25H2,1-2H3,(H,26,34)(H,30,31)(H,27,28,33);1H/t14-,18-;/m0./s1. The zero-order chi connectivity index (χ0) is 24.8. The van der Waals surface area contributed by atoms with Crippen LogP contribution in [0.5, 0.6) is 5.75 Å². The van der Waals surface area contributed by atoms with E-state index in [9.17, 15) is 19.5 Å². The van der Waals surface area contributed by atoms with Gasteiger partial charge in [0.2, 0.25) is 11.8 Å². The number of amidine groups is 1. The van der Waals surface area contributed by atoms with E-state index in [4.69, 9.17) is 10.8 Å². The number of nitrogens with one attached hydrogen (secondary N) is 2. The average molecular weight is 510 g/mol. The van der Waals surface area contributed by atoms with Gasteiger partial charge in [0, 0.05) is 24.8 Å². The second kappa shape index (κ2) is 12.7. The van der Waals surface area contributed by atoms with E-state index in [2.05, 4.69) is 15.6 Å². The molecule has 0 aromatic heterocycles. The highest BCUT2D eigenvalue weighted by atomic mass is 35.5. The van der Waals surface area contributed by atoms with Crippen molar-refractivity contribution in [1.82, 2.24) is 10.6 Å². The zero-order valence-electron chi connectivity index (χ0n) is 20.2. The highest BCUT2D eigenvalue weighted by Crippen LogP contribution is 2.45. The monoisotopic (exact) mass is 509 g/mol. The van der Waals surface area contributed by atoms with Gasteiger partial charge < -0.3 is 31.5 Å². The summed E-state index contributed by atoms with van der Waals surface area (Å²) in [6.07, 6.45) is 6.59. The number of rotatable bonds is 7. The van der Waals surface area contributed by atoms with Crippen LogP contribution < -0.4 is 21.3 Å². The van der Waals surface area contributed by atoms with Gasteiger partial charge in [-0.05, 0) is 50.7 Å². The fraction of sp³-hybridized carbons (Fsp3) is 0.583. The number of benzene rings is 1. The summed E-state index contributed by atoms with van der Waals surface area (Å²) in [5.74, 6) is -1.76. The number of phenols is 1. The Morgan fingerprint density at radius 3 is 2.46 bits per heavy atom. The smallest absolute Gasteiger partial charge is 0.325 e. The lowest BCUT2D eigenvalue weighted by Crippen LogP contribution is -2.43. The summed E-state index contributed by atoms with van der Waals surface area (Å²) in [4.78, 5) is 42.1. The summed E-state index contributed by atoms with van der Waals surface area (Å²) < 4.78 is 0. The topological polar surface area (TPSA) is 157 Å². The maximum atomic E-state index is 12.5. The molecule has 0 bridgehead atoms. The minimum atomic E-state index is -1.17. The van der Waals surface area contributed by atoms with Crippen molar-refractivity contribution in [3.8, 4) is 5.75 Å². The molecule has 1 heterocycles. The van der Waals surface area contributed by atoms with Gasteiger partial charge in [0.15, 0.2) is 0 Å². The number of halogens is 1. The number of hydrogen-bond donors (Lipinski definition) is 5. The van der Waals surface area contributed by atoms with Gasteiger partial charge in [0.1, 0.15) is 24.2 Å². The summed E-state index contributed by atoms with van der Waals surface area (Å²) in [7, 11) is 1.62. The summed E-state index contributed by atoms with van der Waals surface area (Å²) >= 11 is 0. The maximum Gasteiger partial charge on any atom is 0.325 e. The Kier molecular flexibility index (Phi) is 10.3. The fourth-order valence-electron chi connectivity index (χ4n) is 4.90. The molecule has 2 amide bonds. The molecule has 1 saturated carbocycles. The molecule has 1 aliphatic carbocycles. The first-order valence-electron chi connectivity index (χ1n) is 11.9. The number of nitrogens with two attached hydrogens (primary N) is 1. The number of aromatic hydroxyl groups is 1. The van der Waals surface area contributed by atoms with E-state index >= 15 is 0 Å². The van der Waals surface area contributed by atoms with Crippen molar-refractivity contribution in [3.05, 3.63) is 23.3 Å². The number of nitrogens with zero attached hydrogens (tertiary/aromatic N) is 2. The quantitative estimate of drug-likeness (QED) is 0.277. The van der Waals surface area contributed by atoms with Crippen LogP contribution in [0.3, 0.4) is 0 Å². The van der Waals surface area contributed by atoms with Gasteiger partial charge in [0.05, 0.1) is 11.6 Å². The van der Waals surface area contributed by atoms with Crippen molar-refractivity contribution >= 4 is 41.7 Å². The SMILES string of the molecule is CNC(=O)[C@@H]1CCCN1c1ccc(C(=NCC(=O)O)NC(=O)[C@H](C)N)c(O)c1C1CCCCC1.Cl.